The number of nitrogens with zero attached hydrogens (tertiary/aromatic N) is 3. The third-order valence-corrected chi connectivity index (χ3v) is 4.10. The number of amides is 1. The van der Waals surface area contributed by atoms with Crippen LogP contribution in [0.3, 0.4) is 0 Å². The van der Waals surface area contributed by atoms with Crippen LogP contribution in [0.2, 0.25) is 0 Å². The number of aromatic amines is 1. The maximum atomic E-state index is 12.3. The van der Waals surface area contributed by atoms with E-state index in [0.29, 0.717) is 25.1 Å². The highest BCUT2D eigenvalue weighted by molar-refractivity contribution is 5.80. The Hall–Kier alpha value is -2.81. The lowest BCUT2D eigenvalue weighted by Crippen LogP contribution is -2.56. The largest absolute Gasteiger partial charge is 0.487 e. The molecule has 3 rings (SSSR count). The predicted octanol–water partition coefficient (Wildman–Crippen LogP) is 1.73. The Bertz CT molecular complexity index is 732. The summed E-state index contributed by atoms with van der Waals surface area (Å²) in [5.74, 6) is 0.819. The van der Waals surface area contributed by atoms with Crippen molar-refractivity contribution in [2.75, 3.05) is 13.1 Å². The monoisotopic (exact) mass is 310 g/mol. The molecule has 2 aromatic rings. The standard InChI is InChI=1S/C17H18N4O2/c1-11-16(12(2)20-19-11)7-17(22)21-9-15(10-21)23-14-5-3-13(8-18)4-6-14/h3-6,15H,7,9-10H2,1-2H3,(H,19,20). The molecule has 1 aliphatic heterocycles. The fraction of sp³-hybridized carbons (Fsp3) is 0.353. The molecule has 1 aromatic heterocycles. The number of rotatable bonds is 4. The fourth-order valence-corrected chi connectivity index (χ4v) is 2.61. The summed E-state index contributed by atoms with van der Waals surface area (Å²) in [6, 6.07) is 9.08. The lowest BCUT2D eigenvalue weighted by Gasteiger charge is -2.39. The minimum atomic E-state index is 0.0124. The number of carbonyl (C=O) groups excluding carboxylic acids is 1. The van der Waals surface area contributed by atoms with Crippen molar-refractivity contribution in [2.24, 2.45) is 0 Å². The van der Waals surface area contributed by atoms with Gasteiger partial charge in [-0.05, 0) is 38.1 Å². The Balaban J connectivity index is 1.50. The molecule has 0 aliphatic carbocycles. The van der Waals surface area contributed by atoms with Crippen molar-refractivity contribution in [3.8, 4) is 11.8 Å². The van der Waals surface area contributed by atoms with Crippen molar-refractivity contribution in [3.63, 3.8) is 0 Å². The van der Waals surface area contributed by atoms with E-state index in [4.69, 9.17) is 10.00 Å². The fourth-order valence-electron chi connectivity index (χ4n) is 2.61. The Morgan fingerprint density at radius 3 is 2.65 bits per heavy atom. The number of nitrogens with one attached hydrogen (secondary N) is 1. The summed E-state index contributed by atoms with van der Waals surface area (Å²) < 4.78 is 5.79. The molecular formula is C17H18N4O2. The first-order chi connectivity index (χ1) is 11.1. The molecule has 0 radical (unpaired) electrons. The van der Waals surface area contributed by atoms with Gasteiger partial charge in [0.15, 0.2) is 0 Å². The van der Waals surface area contributed by atoms with Crippen molar-refractivity contribution >= 4 is 5.91 Å². The molecule has 6 nitrogen and oxygen atoms in total. The first-order valence-corrected chi connectivity index (χ1v) is 7.52. The third kappa shape index (κ3) is 3.19. The zero-order valence-corrected chi connectivity index (χ0v) is 13.2. The lowest BCUT2D eigenvalue weighted by molar-refractivity contribution is -0.139. The Kier molecular flexibility index (Phi) is 4.02. The van der Waals surface area contributed by atoms with Gasteiger partial charge in [0.25, 0.3) is 0 Å². The van der Waals surface area contributed by atoms with E-state index in [1.54, 1.807) is 29.2 Å². The summed E-state index contributed by atoms with van der Waals surface area (Å²) in [6.45, 7) is 5.01. The van der Waals surface area contributed by atoms with Crippen LogP contribution in [-0.2, 0) is 11.2 Å². The summed E-state index contributed by atoms with van der Waals surface area (Å²) in [5.41, 5.74) is 3.41. The summed E-state index contributed by atoms with van der Waals surface area (Å²) in [6.07, 6.45) is 0.385. The van der Waals surface area contributed by atoms with E-state index in [-0.39, 0.29) is 12.0 Å². The predicted molar refractivity (Wildman–Crippen MR) is 83.9 cm³/mol. The van der Waals surface area contributed by atoms with E-state index in [1.165, 1.54) is 0 Å². The maximum Gasteiger partial charge on any atom is 0.227 e. The van der Waals surface area contributed by atoms with Gasteiger partial charge >= 0.3 is 0 Å². The van der Waals surface area contributed by atoms with Gasteiger partial charge in [0.2, 0.25) is 5.91 Å². The van der Waals surface area contributed by atoms with Gasteiger partial charge in [-0.25, -0.2) is 0 Å². The molecule has 1 saturated heterocycles. The molecule has 23 heavy (non-hydrogen) atoms. The average Bonchev–Trinajstić information content (AvgIpc) is 2.82. The number of hydrogen-bond acceptors (Lipinski definition) is 4. The second kappa shape index (κ2) is 6.13. The van der Waals surface area contributed by atoms with Crippen LogP contribution in [0.4, 0.5) is 0 Å². The zero-order chi connectivity index (χ0) is 16.4. The van der Waals surface area contributed by atoms with Crippen LogP contribution in [-0.4, -0.2) is 40.2 Å². The molecule has 0 atom stereocenters. The van der Waals surface area contributed by atoms with Crippen LogP contribution < -0.4 is 4.74 Å². The number of H-pyrrole nitrogens is 1. The minimum absolute atomic E-state index is 0.0124. The van der Waals surface area contributed by atoms with Crippen LogP contribution in [0.5, 0.6) is 5.75 Å². The van der Waals surface area contributed by atoms with E-state index >= 15 is 0 Å². The number of aryl methyl sites for hydroxylation is 2. The summed E-state index contributed by atoms with van der Waals surface area (Å²) in [4.78, 5) is 14.1. The highest BCUT2D eigenvalue weighted by Gasteiger charge is 2.32. The number of carbonyl (C=O) groups is 1. The molecular weight excluding hydrogens is 292 g/mol. The first kappa shape index (κ1) is 15.1. The van der Waals surface area contributed by atoms with Gasteiger partial charge in [-0.15, -0.1) is 0 Å². The Morgan fingerprint density at radius 1 is 1.39 bits per heavy atom. The lowest BCUT2D eigenvalue weighted by atomic mass is 10.1. The Labute approximate surface area is 134 Å². The van der Waals surface area contributed by atoms with Crippen LogP contribution in [0.25, 0.3) is 0 Å². The molecule has 0 unspecified atom stereocenters. The highest BCUT2D eigenvalue weighted by atomic mass is 16.5. The van der Waals surface area contributed by atoms with E-state index in [9.17, 15) is 4.79 Å². The summed E-state index contributed by atoms with van der Waals surface area (Å²) >= 11 is 0. The average molecular weight is 310 g/mol. The van der Waals surface area contributed by atoms with Gasteiger partial charge < -0.3 is 9.64 Å². The quantitative estimate of drug-likeness (QED) is 0.932. The second-order valence-corrected chi connectivity index (χ2v) is 5.76. The van der Waals surface area contributed by atoms with Gasteiger partial charge in [0, 0.05) is 11.3 Å². The van der Waals surface area contributed by atoms with Crippen molar-refractivity contribution in [1.82, 2.24) is 15.1 Å². The number of ether oxygens (including phenoxy) is 1. The maximum absolute atomic E-state index is 12.3. The highest BCUT2D eigenvalue weighted by Crippen LogP contribution is 2.20. The number of likely N-dealkylation sites (tertiary alicyclic amines) is 1. The molecule has 6 heteroatoms. The van der Waals surface area contributed by atoms with Crippen molar-refractivity contribution < 1.29 is 9.53 Å². The molecule has 1 amide bonds. The summed E-state index contributed by atoms with van der Waals surface area (Å²) in [5, 5.41) is 15.8. The van der Waals surface area contributed by atoms with Crippen molar-refractivity contribution in [2.45, 2.75) is 26.4 Å². The summed E-state index contributed by atoms with van der Waals surface area (Å²) in [7, 11) is 0. The number of benzene rings is 1. The number of hydrogen-bond donors (Lipinski definition) is 1. The van der Waals surface area contributed by atoms with Gasteiger partial charge in [0.1, 0.15) is 11.9 Å². The normalized spacial score (nSPS) is 14.2. The smallest absolute Gasteiger partial charge is 0.227 e. The van der Waals surface area contributed by atoms with Gasteiger partial charge in [-0.2, -0.15) is 10.4 Å². The molecule has 2 heterocycles. The second-order valence-electron chi connectivity index (χ2n) is 5.76. The third-order valence-electron chi connectivity index (χ3n) is 4.10. The topological polar surface area (TPSA) is 82.0 Å². The first-order valence-electron chi connectivity index (χ1n) is 7.52. The zero-order valence-electron chi connectivity index (χ0n) is 13.2. The number of aromatic nitrogens is 2. The van der Waals surface area contributed by atoms with Crippen LogP contribution >= 0.6 is 0 Å². The minimum Gasteiger partial charge on any atom is -0.487 e. The molecule has 1 aromatic carbocycles. The molecule has 0 spiro atoms. The molecule has 1 fully saturated rings. The van der Waals surface area contributed by atoms with Gasteiger partial charge in [-0.1, -0.05) is 0 Å². The number of nitriles is 1. The van der Waals surface area contributed by atoms with E-state index < -0.39 is 0 Å². The van der Waals surface area contributed by atoms with Gasteiger partial charge in [-0.3, -0.25) is 9.89 Å². The van der Waals surface area contributed by atoms with Crippen LogP contribution in [0, 0.1) is 25.2 Å². The van der Waals surface area contributed by atoms with Crippen LogP contribution in [0.1, 0.15) is 22.5 Å². The van der Waals surface area contributed by atoms with Crippen molar-refractivity contribution in [1.29, 1.82) is 5.26 Å². The van der Waals surface area contributed by atoms with Crippen LogP contribution in [0.15, 0.2) is 24.3 Å². The van der Waals surface area contributed by atoms with E-state index in [0.717, 1.165) is 22.7 Å². The molecule has 0 saturated carbocycles. The molecule has 0 bridgehead atoms. The molecule has 118 valence electrons. The Morgan fingerprint density at radius 2 is 2.09 bits per heavy atom. The van der Waals surface area contributed by atoms with E-state index in [1.807, 2.05) is 13.8 Å². The van der Waals surface area contributed by atoms with Crippen molar-refractivity contribution in [3.05, 3.63) is 46.8 Å². The van der Waals surface area contributed by atoms with Gasteiger partial charge in [0.05, 0.1) is 36.8 Å². The molecule has 1 N–H and O–H groups in total. The van der Waals surface area contributed by atoms with E-state index in [2.05, 4.69) is 16.3 Å². The molecule has 1 aliphatic rings. The SMILES string of the molecule is Cc1n[nH]c(C)c1CC(=O)N1CC(Oc2ccc(C#N)cc2)C1.